The van der Waals surface area contributed by atoms with Crippen LogP contribution in [0.1, 0.15) is 54.8 Å². The van der Waals surface area contributed by atoms with Crippen molar-refractivity contribution in [1.29, 1.82) is 0 Å². The lowest BCUT2D eigenvalue weighted by molar-refractivity contribution is 0.105. The number of H-pyrrole nitrogens is 1. The smallest absolute Gasteiger partial charge is 0.208 e. The van der Waals surface area contributed by atoms with E-state index in [-0.39, 0.29) is 6.10 Å². The minimum Gasteiger partial charge on any atom is -0.370 e. The highest BCUT2D eigenvalue weighted by Crippen LogP contribution is 2.41. The highest BCUT2D eigenvalue weighted by molar-refractivity contribution is 7.98. The Hall–Kier alpha value is -1.34. The molecule has 1 unspecified atom stereocenters. The molecule has 1 atom stereocenters. The van der Waals surface area contributed by atoms with Gasteiger partial charge in [0.25, 0.3) is 0 Å². The van der Waals surface area contributed by atoms with E-state index >= 15 is 0 Å². The Labute approximate surface area is 120 Å². The second-order valence-corrected chi connectivity index (χ2v) is 6.24. The molecule has 2 fully saturated rings. The third-order valence-electron chi connectivity index (χ3n) is 3.71. The molecule has 6 nitrogen and oxygen atoms in total. The highest BCUT2D eigenvalue weighted by Gasteiger charge is 2.29. The number of aromatic amines is 1. The van der Waals surface area contributed by atoms with Crippen LogP contribution in [-0.4, -0.2) is 26.9 Å². The van der Waals surface area contributed by atoms with Crippen LogP contribution in [0.2, 0.25) is 0 Å². The molecule has 0 radical (unpaired) electrons. The SMILES string of the molecule is c1onc(C2CC2)c1CSc1n[nH]c(C2CCCO2)n1. The van der Waals surface area contributed by atoms with Gasteiger partial charge in [-0.05, 0) is 25.7 Å². The average Bonchev–Trinajstić information content (AvgIpc) is 2.93. The van der Waals surface area contributed by atoms with Gasteiger partial charge in [0.2, 0.25) is 5.16 Å². The zero-order valence-corrected chi connectivity index (χ0v) is 11.9. The van der Waals surface area contributed by atoms with Gasteiger partial charge >= 0.3 is 0 Å². The maximum Gasteiger partial charge on any atom is 0.208 e. The summed E-state index contributed by atoms with van der Waals surface area (Å²) in [7, 11) is 0. The first-order valence-electron chi connectivity index (χ1n) is 7.00. The van der Waals surface area contributed by atoms with Crippen molar-refractivity contribution in [3.8, 4) is 0 Å². The van der Waals surface area contributed by atoms with E-state index in [0.717, 1.165) is 41.9 Å². The lowest BCUT2D eigenvalue weighted by Gasteiger charge is -2.02. The van der Waals surface area contributed by atoms with E-state index < -0.39 is 0 Å². The molecule has 3 heterocycles. The number of rotatable bonds is 5. The first-order chi connectivity index (χ1) is 9.90. The van der Waals surface area contributed by atoms with Crippen molar-refractivity contribution < 1.29 is 9.26 Å². The van der Waals surface area contributed by atoms with E-state index in [0.29, 0.717) is 5.92 Å². The van der Waals surface area contributed by atoms with Gasteiger partial charge in [-0.15, -0.1) is 5.10 Å². The molecule has 1 N–H and O–H groups in total. The molecule has 2 aliphatic rings. The Balaban J connectivity index is 1.40. The molecular weight excluding hydrogens is 276 g/mol. The molecule has 7 heteroatoms. The Morgan fingerprint density at radius 1 is 1.35 bits per heavy atom. The third-order valence-corrected chi connectivity index (χ3v) is 4.61. The van der Waals surface area contributed by atoms with E-state index in [1.165, 1.54) is 18.4 Å². The topological polar surface area (TPSA) is 76.8 Å². The lowest BCUT2D eigenvalue weighted by atomic mass is 10.2. The molecule has 4 rings (SSSR count). The van der Waals surface area contributed by atoms with Gasteiger partial charge in [0.15, 0.2) is 5.82 Å². The fraction of sp³-hybridized carbons (Fsp3) is 0.615. The van der Waals surface area contributed by atoms with E-state index in [9.17, 15) is 0 Å². The van der Waals surface area contributed by atoms with Crippen LogP contribution in [0.15, 0.2) is 15.9 Å². The molecule has 1 saturated carbocycles. The van der Waals surface area contributed by atoms with Gasteiger partial charge in [-0.3, -0.25) is 5.10 Å². The number of hydrogen-bond donors (Lipinski definition) is 1. The van der Waals surface area contributed by atoms with E-state index in [4.69, 9.17) is 9.26 Å². The summed E-state index contributed by atoms with van der Waals surface area (Å²) in [5, 5.41) is 12.1. The molecule has 2 aromatic rings. The summed E-state index contributed by atoms with van der Waals surface area (Å²) in [6, 6.07) is 0. The largest absolute Gasteiger partial charge is 0.370 e. The predicted molar refractivity (Wildman–Crippen MR) is 72.3 cm³/mol. The normalized spacial score (nSPS) is 22.5. The zero-order valence-electron chi connectivity index (χ0n) is 11.0. The Morgan fingerprint density at radius 2 is 2.30 bits per heavy atom. The fourth-order valence-corrected chi connectivity index (χ4v) is 3.24. The molecule has 0 amide bonds. The minimum atomic E-state index is 0.0921. The van der Waals surface area contributed by atoms with Crippen LogP contribution in [0.5, 0.6) is 0 Å². The van der Waals surface area contributed by atoms with Crippen molar-refractivity contribution >= 4 is 11.8 Å². The van der Waals surface area contributed by atoms with Crippen LogP contribution in [0.4, 0.5) is 0 Å². The van der Waals surface area contributed by atoms with E-state index in [1.54, 1.807) is 18.0 Å². The van der Waals surface area contributed by atoms with Crippen molar-refractivity contribution in [3.63, 3.8) is 0 Å². The molecule has 20 heavy (non-hydrogen) atoms. The molecule has 106 valence electrons. The van der Waals surface area contributed by atoms with Crippen molar-refractivity contribution in [3.05, 3.63) is 23.3 Å². The second kappa shape index (κ2) is 5.21. The number of aromatic nitrogens is 4. The van der Waals surface area contributed by atoms with Crippen molar-refractivity contribution in [2.45, 2.75) is 48.6 Å². The van der Waals surface area contributed by atoms with Gasteiger partial charge < -0.3 is 9.26 Å². The summed E-state index contributed by atoms with van der Waals surface area (Å²) in [4.78, 5) is 4.50. The van der Waals surface area contributed by atoms with Crippen LogP contribution in [0.3, 0.4) is 0 Å². The molecular formula is C13H16N4O2S. The quantitative estimate of drug-likeness (QED) is 0.854. The molecule has 0 spiro atoms. The first-order valence-corrected chi connectivity index (χ1v) is 7.98. The summed E-state index contributed by atoms with van der Waals surface area (Å²) in [5.41, 5.74) is 2.29. The molecule has 1 aliphatic carbocycles. The molecule has 1 aliphatic heterocycles. The van der Waals surface area contributed by atoms with Crippen LogP contribution in [0, 0.1) is 0 Å². The van der Waals surface area contributed by atoms with Crippen LogP contribution in [0.25, 0.3) is 0 Å². The van der Waals surface area contributed by atoms with Gasteiger partial charge in [-0.1, -0.05) is 16.9 Å². The highest BCUT2D eigenvalue weighted by atomic mass is 32.2. The van der Waals surface area contributed by atoms with Crippen LogP contribution in [-0.2, 0) is 10.5 Å². The Kier molecular flexibility index (Phi) is 3.23. The number of hydrogen-bond acceptors (Lipinski definition) is 6. The second-order valence-electron chi connectivity index (χ2n) is 5.29. The number of nitrogens with zero attached hydrogens (tertiary/aromatic N) is 3. The fourth-order valence-electron chi connectivity index (χ4n) is 2.47. The Bertz CT molecular complexity index is 587. The van der Waals surface area contributed by atoms with E-state index in [1.807, 2.05) is 0 Å². The van der Waals surface area contributed by atoms with Gasteiger partial charge in [0.05, 0.1) is 5.69 Å². The molecule has 2 aromatic heterocycles. The number of ether oxygens (including phenoxy) is 1. The van der Waals surface area contributed by atoms with Crippen molar-refractivity contribution in [2.75, 3.05) is 6.61 Å². The maximum absolute atomic E-state index is 5.59. The average molecular weight is 292 g/mol. The molecule has 1 saturated heterocycles. The summed E-state index contributed by atoms with van der Waals surface area (Å²) < 4.78 is 10.7. The molecule has 0 bridgehead atoms. The Morgan fingerprint density at radius 3 is 3.10 bits per heavy atom. The van der Waals surface area contributed by atoms with Gasteiger partial charge in [-0.2, -0.15) is 0 Å². The van der Waals surface area contributed by atoms with Crippen molar-refractivity contribution in [1.82, 2.24) is 20.3 Å². The predicted octanol–water partition coefficient (Wildman–Crippen LogP) is 2.81. The summed E-state index contributed by atoms with van der Waals surface area (Å²) >= 11 is 1.61. The number of nitrogens with one attached hydrogen (secondary N) is 1. The monoisotopic (exact) mass is 292 g/mol. The van der Waals surface area contributed by atoms with Gasteiger partial charge in [-0.25, -0.2) is 4.98 Å². The first kappa shape index (κ1) is 12.4. The minimum absolute atomic E-state index is 0.0921. The maximum atomic E-state index is 5.59. The standard InChI is InChI=1S/C13H16N4O2S/c1-2-10(18-5-1)12-14-13(16-15-12)20-7-9-6-19-17-11(9)8-3-4-8/h6,8,10H,1-5,7H2,(H,14,15,16). The summed E-state index contributed by atoms with van der Waals surface area (Å²) in [6.07, 6.45) is 6.42. The summed E-state index contributed by atoms with van der Waals surface area (Å²) in [6.45, 7) is 0.819. The summed E-state index contributed by atoms with van der Waals surface area (Å²) in [5.74, 6) is 2.26. The van der Waals surface area contributed by atoms with Crippen LogP contribution >= 0.6 is 11.8 Å². The van der Waals surface area contributed by atoms with Gasteiger partial charge in [0, 0.05) is 23.8 Å². The van der Waals surface area contributed by atoms with Gasteiger partial charge in [0.1, 0.15) is 12.4 Å². The lowest BCUT2D eigenvalue weighted by Crippen LogP contribution is -1.97. The van der Waals surface area contributed by atoms with E-state index in [2.05, 4.69) is 20.3 Å². The zero-order chi connectivity index (χ0) is 13.4. The molecule has 0 aromatic carbocycles. The number of thioether (sulfide) groups is 1. The van der Waals surface area contributed by atoms with Crippen LogP contribution < -0.4 is 0 Å². The third kappa shape index (κ3) is 2.47. The van der Waals surface area contributed by atoms with Crippen molar-refractivity contribution in [2.24, 2.45) is 0 Å².